The minimum atomic E-state index is -4.26. The van der Waals surface area contributed by atoms with Gasteiger partial charge in [-0.05, 0) is 60.2 Å². The lowest BCUT2D eigenvalue weighted by Crippen LogP contribution is -2.38. The van der Waals surface area contributed by atoms with Gasteiger partial charge in [-0.25, -0.2) is 18.6 Å². The number of anilines is 3. The Hall–Kier alpha value is -3.19. The number of aromatic nitrogens is 1. The van der Waals surface area contributed by atoms with Crippen LogP contribution < -0.4 is 20.9 Å². The molecule has 3 aliphatic heterocycles. The van der Waals surface area contributed by atoms with E-state index >= 15 is 0 Å². The molecule has 4 heterocycles. The standard InChI is InChI=1S/C27H33F5N6O2/c1-17-2-3-20(34-25(39)37-5-4-18(14-37)13-27(30,31)32)12-21(17)19-10-23(36-6-8-40-9-7-36)35-24(11-19)38-15-22(33)26(28,29)16-38/h2-3,10-12,18,22H,4-9,13-16,33H2,1H3,(H,34,39)/t18?,22-/m0/s1. The zero-order valence-electron chi connectivity index (χ0n) is 22.2. The van der Waals surface area contributed by atoms with Crippen LogP contribution in [-0.4, -0.2) is 86.5 Å². The van der Waals surface area contributed by atoms with Crippen molar-refractivity contribution in [2.24, 2.45) is 11.7 Å². The van der Waals surface area contributed by atoms with E-state index in [1.54, 1.807) is 18.2 Å². The fraction of sp³-hybridized carbons (Fsp3) is 0.556. The van der Waals surface area contributed by atoms with E-state index < -0.39 is 43.1 Å². The fourth-order valence-electron chi connectivity index (χ4n) is 5.48. The summed E-state index contributed by atoms with van der Waals surface area (Å²) < 4.78 is 72.4. The lowest BCUT2D eigenvalue weighted by atomic mass is 10.00. The maximum Gasteiger partial charge on any atom is 0.389 e. The lowest BCUT2D eigenvalue weighted by molar-refractivity contribution is -0.143. The van der Waals surface area contributed by atoms with E-state index in [1.807, 2.05) is 24.0 Å². The van der Waals surface area contributed by atoms with Gasteiger partial charge >= 0.3 is 12.2 Å². The minimum Gasteiger partial charge on any atom is -0.378 e. The van der Waals surface area contributed by atoms with Crippen LogP contribution in [0.2, 0.25) is 0 Å². The summed E-state index contributed by atoms with van der Waals surface area (Å²) in [6.45, 7) is 3.88. The number of urea groups is 1. The Balaban J connectivity index is 1.40. The Bertz CT molecular complexity index is 1240. The van der Waals surface area contributed by atoms with Gasteiger partial charge in [0.25, 0.3) is 5.92 Å². The molecule has 2 amide bonds. The number of rotatable bonds is 5. The average Bonchev–Trinajstić information content (AvgIpc) is 3.47. The van der Waals surface area contributed by atoms with Crippen LogP contribution in [0.4, 0.5) is 44.1 Å². The third-order valence-corrected chi connectivity index (χ3v) is 7.71. The van der Waals surface area contributed by atoms with Gasteiger partial charge in [-0.15, -0.1) is 0 Å². The first kappa shape index (κ1) is 28.3. The quantitative estimate of drug-likeness (QED) is 0.518. The number of hydrogen-bond donors (Lipinski definition) is 2. The molecule has 3 aliphatic rings. The highest BCUT2D eigenvalue weighted by molar-refractivity contribution is 5.91. The number of alkyl halides is 5. The molecule has 1 unspecified atom stereocenters. The van der Waals surface area contributed by atoms with Crippen molar-refractivity contribution in [2.45, 2.75) is 37.9 Å². The maximum absolute atomic E-state index is 14.3. The van der Waals surface area contributed by atoms with Gasteiger partial charge in [0, 0.05) is 44.8 Å². The van der Waals surface area contributed by atoms with E-state index in [-0.39, 0.29) is 19.6 Å². The normalized spacial score (nSPS) is 23.1. The number of carbonyl (C=O) groups excluding carboxylic acids is 1. The summed E-state index contributed by atoms with van der Waals surface area (Å²) in [4.78, 5) is 22.5. The number of halogens is 5. The van der Waals surface area contributed by atoms with Crippen LogP contribution in [0.5, 0.6) is 0 Å². The van der Waals surface area contributed by atoms with Crippen LogP contribution >= 0.6 is 0 Å². The number of ether oxygens (including phenoxy) is 1. The second-order valence-corrected chi connectivity index (χ2v) is 10.8. The molecule has 2 aromatic rings. The molecule has 3 fully saturated rings. The first-order valence-electron chi connectivity index (χ1n) is 13.3. The molecule has 2 atom stereocenters. The zero-order chi connectivity index (χ0) is 28.7. The molecule has 1 aromatic heterocycles. The molecule has 218 valence electrons. The highest BCUT2D eigenvalue weighted by Crippen LogP contribution is 2.36. The van der Waals surface area contributed by atoms with E-state index in [2.05, 4.69) is 5.32 Å². The molecular weight excluding hydrogens is 535 g/mol. The number of aryl methyl sites for hydroxylation is 1. The summed E-state index contributed by atoms with van der Waals surface area (Å²) in [5, 5.41) is 2.81. The number of likely N-dealkylation sites (tertiary alicyclic amines) is 1. The van der Waals surface area contributed by atoms with Crippen LogP contribution in [0.3, 0.4) is 0 Å². The van der Waals surface area contributed by atoms with Crippen LogP contribution in [0.1, 0.15) is 18.4 Å². The third-order valence-electron chi connectivity index (χ3n) is 7.71. The Morgan fingerprint density at radius 2 is 1.80 bits per heavy atom. The van der Waals surface area contributed by atoms with Crippen molar-refractivity contribution in [1.82, 2.24) is 9.88 Å². The van der Waals surface area contributed by atoms with Crippen molar-refractivity contribution in [1.29, 1.82) is 0 Å². The molecule has 0 saturated carbocycles. The van der Waals surface area contributed by atoms with Crippen LogP contribution in [-0.2, 0) is 4.74 Å². The van der Waals surface area contributed by atoms with E-state index in [0.29, 0.717) is 50.0 Å². The summed E-state index contributed by atoms with van der Waals surface area (Å²) >= 11 is 0. The van der Waals surface area contributed by atoms with Gasteiger partial charge in [-0.3, -0.25) is 0 Å². The number of nitrogens with one attached hydrogen (secondary N) is 1. The first-order chi connectivity index (χ1) is 18.9. The van der Waals surface area contributed by atoms with Crippen molar-refractivity contribution in [2.75, 3.05) is 67.6 Å². The van der Waals surface area contributed by atoms with Gasteiger partial charge in [0.15, 0.2) is 0 Å². The number of nitrogens with two attached hydrogens (primary N) is 1. The topological polar surface area (TPSA) is 87.0 Å². The van der Waals surface area contributed by atoms with Crippen LogP contribution in [0.25, 0.3) is 11.1 Å². The van der Waals surface area contributed by atoms with Gasteiger partial charge < -0.3 is 30.5 Å². The largest absolute Gasteiger partial charge is 0.389 e. The number of nitrogens with zero attached hydrogens (tertiary/aromatic N) is 4. The maximum atomic E-state index is 14.3. The van der Waals surface area contributed by atoms with Crippen LogP contribution in [0, 0.1) is 12.8 Å². The summed E-state index contributed by atoms with van der Waals surface area (Å²) in [5.41, 5.74) is 8.57. The number of amides is 2. The van der Waals surface area contributed by atoms with E-state index in [4.69, 9.17) is 15.5 Å². The summed E-state index contributed by atoms with van der Waals surface area (Å²) in [7, 11) is 0. The van der Waals surface area contributed by atoms with Gasteiger partial charge in [0.05, 0.1) is 25.8 Å². The third kappa shape index (κ3) is 6.41. The number of pyridine rings is 1. The van der Waals surface area contributed by atoms with Crippen molar-refractivity contribution in [3.8, 4) is 11.1 Å². The molecule has 0 radical (unpaired) electrons. The van der Waals surface area contributed by atoms with Gasteiger partial charge in [0.2, 0.25) is 0 Å². The zero-order valence-corrected chi connectivity index (χ0v) is 22.2. The molecule has 0 bridgehead atoms. The molecule has 13 heteroatoms. The van der Waals surface area contributed by atoms with E-state index in [9.17, 15) is 26.7 Å². The molecule has 8 nitrogen and oxygen atoms in total. The Labute approximate surface area is 229 Å². The molecule has 1 aromatic carbocycles. The van der Waals surface area contributed by atoms with Crippen molar-refractivity contribution >= 4 is 23.4 Å². The highest BCUT2D eigenvalue weighted by atomic mass is 19.4. The number of carbonyl (C=O) groups is 1. The van der Waals surface area contributed by atoms with Gasteiger partial charge in [-0.1, -0.05) is 6.07 Å². The number of hydrogen-bond acceptors (Lipinski definition) is 6. The molecule has 3 N–H and O–H groups in total. The molecule has 40 heavy (non-hydrogen) atoms. The Morgan fingerprint density at radius 1 is 1.10 bits per heavy atom. The SMILES string of the molecule is Cc1ccc(NC(=O)N2CCC(CC(F)(F)F)C2)cc1-c1cc(N2CCOCC2)nc(N2C[C@H](N)C(F)(F)C2)c1. The monoisotopic (exact) mass is 568 g/mol. The van der Waals surface area contributed by atoms with Crippen LogP contribution in [0.15, 0.2) is 30.3 Å². The first-order valence-corrected chi connectivity index (χ1v) is 13.3. The van der Waals surface area contributed by atoms with Gasteiger partial charge in [-0.2, -0.15) is 13.2 Å². The molecule has 5 rings (SSSR count). The lowest BCUT2D eigenvalue weighted by Gasteiger charge is -2.29. The number of benzene rings is 1. The second-order valence-electron chi connectivity index (χ2n) is 10.8. The Kier molecular flexibility index (Phi) is 7.79. The summed E-state index contributed by atoms with van der Waals surface area (Å²) in [6, 6.07) is 7.21. The molecule has 3 saturated heterocycles. The van der Waals surface area contributed by atoms with E-state index in [1.165, 1.54) is 9.80 Å². The number of morpholine rings is 1. The molecule has 0 aliphatic carbocycles. The molecule has 0 spiro atoms. The Morgan fingerprint density at radius 3 is 2.45 bits per heavy atom. The van der Waals surface area contributed by atoms with Crippen molar-refractivity contribution < 1.29 is 31.5 Å². The minimum absolute atomic E-state index is 0.0355. The van der Waals surface area contributed by atoms with E-state index in [0.717, 1.165) is 16.7 Å². The fourth-order valence-corrected chi connectivity index (χ4v) is 5.48. The van der Waals surface area contributed by atoms with Crippen molar-refractivity contribution in [3.05, 3.63) is 35.9 Å². The molecular formula is C27H33F5N6O2. The van der Waals surface area contributed by atoms with Crippen molar-refractivity contribution in [3.63, 3.8) is 0 Å². The predicted octanol–water partition coefficient (Wildman–Crippen LogP) is 4.48. The van der Waals surface area contributed by atoms with Gasteiger partial charge in [0.1, 0.15) is 11.6 Å². The predicted molar refractivity (Wildman–Crippen MR) is 142 cm³/mol. The summed E-state index contributed by atoms with van der Waals surface area (Å²) in [6.07, 6.45) is -4.87. The average molecular weight is 569 g/mol. The smallest absolute Gasteiger partial charge is 0.378 e. The second kappa shape index (κ2) is 11.0. The highest BCUT2D eigenvalue weighted by Gasteiger charge is 2.46. The summed E-state index contributed by atoms with van der Waals surface area (Å²) in [5.74, 6) is -2.64.